The van der Waals surface area contributed by atoms with Crippen LogP contribution in [-0.4, -0.2) is 5.91 Å². The third-order valence-corrected chi connectivity index (χ3v) is 3.31. The number of nitrogens with one attached hydrogen (secondary N) is 1. The standard InChI is InChI=1S/C17H20N2O/c1-2-13-6-5-9-16(10-13)19-17(20)11-14-7-3-4-8-15(14)12-18/h3-10H,2,11-12,18H2,1H3,(H,19,20). The summed E-state index contributed by atoms with van der Waals surface area (Å²) in [6.45, 7) is 2.55. The molecule has 2 aromatic carbocycles. The second kappa shape index (κ2) is 6.87. The van der Waals surface area contributed by atoms with Crippen LogP contribution in [0, 0.1) is 0 Å². The maximum atomic E-state index is 12.1. The average molecular weight is 268 g/mol. The molecule has 104 valence electrons. The summed E-state index contributed by atoms with van der Waals surface area (Å²) in [5.41, 5.74) is 9.75. The van der Waals surface area contributed by atoms with Gasteiger partial charge in [-0.05, 0) is 35.2 Å². The minimum Gasteiger partial charge on any atom is -0.326 e. The third kappa shape index (κ3) is 3.68. The zero-order valence-corrected chi connectivity index (χ0v) is 11.7. The van der Waals surface area contributed by atoms with E-state index in [4.69, 9.17) is 5.73 Å². The molecule has 0 spiro atoms. The first-order valence-electron chi connectivity index (χ1n) is 6.88. The Bertz CT molecular complexity index is 593. The van der Waals surface area contributed by atoms with E-state index in [2.05, 4.69) is 18.3 Å². The first-order chi connectivity index (χ1) is 9.72. The number of benzene rings is 2. The van der Waals surface area contributed by atoms with E-state index in [1.807, 2.05) is 42.5 Å². The van der Waals surface area contributed by atoms with Crippen molar-refractivity contribution in [1.29, 1.82) is 0 Å². The molecule has 0 saturated heterocycles. The molecule has 2 aromatic rings. The molecule has 0 unspecified atom stereocenters. The normalized spacial score (nSPS) is 10.3. The molecule has 0 aromatic heterocycles. The van der Waals surface area contributed by atoms with Crippen LogP contribution in [0.5, 0.6) is 0 Å². The third-order valence-electron chi connectivity index (χ3n) is 3.31. The van der Waals surface area contributed by atoms with Gasteiger partial charge >= 0.3 is 0 Å². The quantitative estimate of drug-likeness (QED) is 0.876. The SMILES string of the molecule is CCc1cccc(NC(=O)Cc2ccccc2CN)c1. The van der Waals surface area contributed by atoms with Crippen LogP contribution in [0.1, 0.15) is 23.6 Å². The van der Waals surface area contributed by atoms with Gasteiger partial charge in [-0.2, -0.15) is 0 Å². The molecule has 20 heavy (non-hydrogen) atoms. The van der Waals surface area contributed by atoms with E-state index in [1.54, 1.807) is 0 Å². The number of carbonyl (C=O) groups is 1. The first kappa shape index (κ1) is 14.3. The van der Waals surface area contributed by atoms with Crippen molar-refractivity contribution >= 4 is 11.6 Å². The summed E-state index contributed by atoms with van der Waals surface area (Å²) in [6.07, 6.45) is 1.31. The van der Waals surface area contributed by atoms with Crippen LogP contribution in [0.15, 0.2) is 48.5 Å². The predicted molar refractivity (Wildman–Crippen MR) is 82.5 cm³/mol. The Hall–Kier alpha value is -2.13. The highest BCUT2D eigenvalue weighted by molar-refractivity contribution is 5.92. The molecular weight excluding hydrogens is 248 g/mol. The van der Waals surface area contributed by atoms with Gasteiger partial charge in [0, 0.05) is 12.2 Å². The molecule has 0 aliphatic heterocycles. The smallest absolute Gasteiger partial charge is 0.228 e. The van der Waals surface area contributed by atoms with Crippen LogP contribution in [0.3, 0.4) is 0 Å². The van der Waals surface area contributed by atoms with Gasteiger partial charge in [-0.1, -0.05) is 43.3 Å². The van der Waals surface area contributed by atoms with Gasteiger partial charge in [0.2, 0.25) is 5.91 Å². The number of carbonyl (C=O) groups excluding carboxylic acids is 1. The number of rotatable bonds is 5. The molecule has 2 rings (SSSR count). The maximum absolute atomic E-state index is 12.1. The van der Waals surface area contributed by atoms with Crippen molar-refractivity contribution in [1.82, 2.24) is 0 Å². The second-order valence-corrected chi connectivity index (χ2v) is 4.75. The fourth-order valence-corrected chi connectivity index (χ4v) is 2.18. The summed E-state index contributed by atoms with van der Waals surface area (Å²) in [4.78, 5) is 12.1. The van der Waals surface area contributed by atoms with Crippen LogP contribution in [-0.2, 0) is 24.2 Å². The lowest BCUT2D eigenvalue weighted by atomic mass is 10.0. The first-order valence-corrected chi connectivity index (χ1v) is 6.88. The molecule has 0 atom stereocenters. The van der Waals surface area contributed by atoms with E-state index < -0.39 is 0 Å². The lowest BCUT2D eigenvalue weighted by Crippen LogP contribution is -2.16. The van der Waals surface area contributed by atoms with E-state index in [1.165, 1.54) is 5.56 Å². The van der Waals surface area contributed by atoms with Crippen molar-refractivity contribution in [3.63, 3.8) is 0 Å². The highest BCUT2D eigenvalue weighted by Crippen LogP contribution is 2.13. The van der Waals surface area contributed by atoms with Gasteiger partial charge in [0.25, 0.3) is 0 Å². The van der Waals surface area contributed by atoms with E-state index in [0.717, 1.165) is 23.2 Å². The van der Waals surface area contributed by atoms with Gasteiger partial charge in [-0.15, -0.1) is 0 Å². The number of hydrogen-bond donors (Lipinski definition) is 2. The van der Waals surface area contributed by atoms with Crippen molar-refractivity contribution in [2.45, 2.75) is 26.3 Å². The van der Waals surface area contributed by atoms with Crippen molar-refractivity contribution in [2.24, 2.45) is 5.73 Å². The fourth-order valence-electron chi connectivity index (χ4n) is 2.18. The Morgan fingerprint density at radius 3 is 2.55 bits per heavy atom. The Morgan fingerprint density at radius 1 is 1.10 bits per heavy atom. The Labute approximate surface area is 119 Å². The van der Waals surface area contributed by atoms with Crippen LogP contribution >= 0.6 is 0 Å². The lowest BCUT2D eigenvalue weighted by Gasteiger charge is -2.09. The summed E-state index contributed by atoms with van der Waals surface area (Å²) in [5.74, 6) is -0.0147. The number of anilines is 1. The van der Waals surface area contributed by atoms with Gasteiger partial charge in [0.05, 0.1) is 6.42 Å². The minimum atomic E-state index is -0.0147. The Morgan fingerprint density at radius 2 is 1.85 bits per heavy atom. The summed E-state index contributed by atoms with van der Waals surface area (Å²) in [7, 11) is 0. The van der Waals surface area contributed by atoms with Gasteiger partial charge in [0.1, 0.15) is 0 Å². The topological polar surface area (TPSA) is 55.1 Å². The zero-order valence-electron chi connectivity index (χ0n) is 11.7. The zero-order chi connectivity index (χ0) is 14.4. The van der Waals surface area contributed by atoms with E-state index in [9.17, 15) is 4.79 Å². The highest BCUT2D eigenvalue weighted by Gasteiger charge is 2.07. The van der Waals surface area contributed by atoms with Crippen LogP contribution in [0.2, 0.25) is 0 Å². The summed E-state index contributed by atoms with van der Waals surface area (Å²) < 4.78 is 0. The monoisotopic (exact) mass is 268 g/mol. The number of nitrogens with two attached hydrogens (primary N) is 1. The van der Waals surface area contributed by atoms with Gasteiger partial charge in [0.15, 0.2) is 0 Å². The van der Waals surface area contributed by atoms with Crippen LogP contribution in [0.4, 0.5) is 5.69 Å². The van der Waals surface area contributed by atoms with Crippen molar-refractivity contribution < 1.29 is 4.79 Å². The molecule has 3 heteroatoms. The molecule has 0 fully saturated rings. The number of amides is 1. The highest BCUT2D eigenvalue weighted by atomic mass is 16.1. The summed E-state index contributed by atoms with van der Waals surface area (Å²) in [6, 6.07) is 15.7. The Balaban J connectivity index is 2.05. The van der Waals surface area contributed by atoms with Crippen molar-refractivity contribution in [3.8, 4) is 0 Å². The second-order valence-electron chi connectivity index (χ2n) is 4.75. The lowest BCUT2D eigenvalue weighted by molar-refractivity contribution is -0.115. The van der Waals surface area contributed by atoms with E-state index in [-0.39, 0.29) is 5.91 Å². The molecule has 0 aliphatic carbocycles. The molecule has 0 saturated carbocycles. The molecule has 3 nitrogen and oxygen atoms in total. The maximum Gasteiger partial charge on any atom is 0.228 e. The van der Waals surface area contributed by atoms with Gasteiger partial charge in [-0.3, -0.25) is 4.79 Å². The molecule has 0 bridgehead atoms. The van der Waals surface area contributed by atoms with Gasteiger partial charge in [-0.25, -0.2) is 0 Å². The van der Waals surface area contributed by atoms with Crippen LogP contribution in [0.25, 0.3) is 0 Å². The fraction of sp³-hybridized carbons (Fsp3) is 0.235. The Kier molecular flexibility index (Phi) is 4.91. The number of hydrogen-bond acceptors (Lipinski definition) is 2. The van der Waals surface area contributed by atoms with Crippen LogP contribution < -0.4 is 11.1 Å². The minimum absolute atomic E-state index is 0.0147. The summed E-state index contributed by atoms with van der Waals surface area (Å²) >= 11 is 0. The average Bonchev–Trinajstić information content (AvgIpc) is 2.48. The van der Waals surface area contributed by atoms with Crippen molar-refractivity contribution in [2.75, 3.05) is 5.32 Å². The largest absolute Gasteiger partial charge is 0.326 e. The van der Waals surface area contributed by atoms with Crippen molar-refractivity contribution in [3.05, 3.63) is 65.2 Å². The van der Waals surface area contributed by atoms with Gasteiger partial charge < -0.3 is 11.1 Å². The summed E-state index contributed by atoms with van der Waals surface area (Å²) in [5, 5.41) is 2.94. The molecule has 0 aliphatic rings. The molecule has 1 amide bonds. The molecule has 0 heterocycles. The van der Waals surface area contributed by atoms with E-state index >= 15 is 0 Å². The molecule has 3 N–H and O–H groups in total. The molecular formula is C17H20N2O. The predicted octanol–water partition coefficient (Wildman–Crippen LogP) is 2.89. The number of aryl methyl sites for hydroxylation is 1. The molecule has 0 radical (unpaired) electrons. The van der Waals surface area contributed by atoms with E-state index in [0.29, 0.717) is 13.0 Å².